The van der Waals surface area contributed by atoms with Gasteiger partial charge in [-0.3, -0.25) is 9.78 Å². The Labute approximate surface area is 118 Å². The van der Waals surface area contributed by atoms with Crippen LogP contribution in [0.2, 0.25) is 0 Å². The molecular weight excluding hydrogens is 254 g/mol. The quantitative estimate of drug-likeness (QED) is 0.777. The number of pyridine rings is 1. The number of aromatic nitrogens is 1. The second-order valence-electron chi connectivity index (χ2n) is 4.73. The Morgan fingerprint density at radius 3 is 2.95 bits per heavy atom. The van der Waals surface area contributed by atoms with E-state index in [4.69, 9.17) is 10.8 Å². The number of nitrogens with two attached hydrogens (primary N) is 1. The van der Waals surface area contributed by atoms with Gasteiger partial charge >= 0.3 is 0 Å². The Balaban J connectivity index is 2.26. The van der Waals surface area contributed by atoms with E-state index >= 15 is 0 Å². The molecule has 0 spiro atoms. The highest BCUT2D eigenvalue weighted by molar-refractivity contribution is 5.96. The Bertz CT molecular complexity index is 529. The van der Waals surface area contributed by atoms with E-state index in [1.165, 1.54) is 0 Å². The van der Waals surface area contributed by atoms with Crippen molar-refractivity contribution in [2.24, 2.45) is 5.73 Å². The molecule has 1 amide bonds. The Morgan fingerprint density at radius 2 is 2.35 bits per heavy atom. The molecule has 1 aliphatic carbocycles. The summed E-state index contributed by atoms with van der Waals surface area (Å²) < 4.78 is 0. The maximum absolute atomic E-state index is 12.6. The third-order valence-corrected chi connectivity index (χ3v) is 3.49. The number of aliphatic hydroxyl groups excluding tert-OH is 1. The first-order valence-corrected chi connectivity index (χ1v) is 6.82. The summed E-state index contributed by atoms with van der Waals surface area (Å²) in [6.45, 7) is 0.568. The van der Waals surface area contributed by atoms with Gasteiger partial charge < -0.3 is 15.7 Å². The van der Waals surface area contributed by atoms with Crippen LogP contribution in [-0.2, 0) is 0 Å². The second-order valence-corrected chi connectivity index (χ2v) is 4.73. The van der Waals surface area contributed by atoms with Crippen molar-refractivity contribution >= 4 is 5.91 Å². The number of hydrogen-bond donors (Lipinski definition) is 2. The van der Waals surface area contributed by atoms with Crippen molar-refractivity contribution in [2.75, 3.05) is 19.7 Å². The second kappa shape index (κ2) is 7.04. The highest BCUT2D eigenvalue weighted by Gasteiger charge is 2.29. The Hall–Kier alpha value is -1.90. The fourth-order valence-corrected chi connectivity index (χ4v) is 2.24. The van der Waals surface area contributed by atoms with Gasteiger partial charge in [-0.2, -0.15) is 0 Å². The average molecular weight is 273 g/mol. The molecule has 0 aromatic carbocycles. The Morgan fingerprint density at radius 1 is 1.55 bits per heavy atom. The van der Waals surface area contributed by atoms with Gasteiger partial charge in [0, 0.05) is 25.0 Å². The number of amides is 1. The summed E-state index contributed by atoms with van der Waals surface area (Å²) in [5.41, 5.74) is 6.48. The predicted octanol–water partition coefficient (Wildman–Crippen LogP) is 0.379. The molecule has 0 radical (unpaired) electrons. The highest BCUT2D eigenvalue weighted by Crippen LogP contribution is 2.26. The normalized spacial score (nSPS) is 14.1. The van der Waals surface area contributed by atoms with Crippen LogP contribution in [0.5, 0.6) is 0 Å². The molecule has 1 heterocycles. The van der Waals surface area contributed by atoms with Crippen molar-refractivity contribution in [3.05, 3.63) is 29.6 Å². The van der Waals surface area contributed by atoms with E-state index in [1.54, 1.807) is 23.4 Å². The van der Waals surface area contributed by atoms with Crippen molar-refractivity contribution in [1.29, 1.82) is 0 Å². The molecule has 0 atom stereocenters. The average Bonchev–Trinajstić information content (AvgIpc) is 2.42. The van der Waals surface area contributed by atoms with Gasteiger partial charge in [0.25, 0.3) is 5.91 Å². The largest absolute Gasteiger partial charge is 0.395 e. The van der Waals surface area contributed by atoms with E-state index < -0.39 is 0 Å². The maximum atomic E-state index is 12.6. The van der Waals surface area contributed by atoms with Gasteiger partial charge in [-0.25, -0.2) is 0 Å². The van der Waals surface area contributed by atoms with Crippen LogP contribution < -0.4 is 5.73 Å². The van der Waals surface area contributed by atoms with Gasteiger partial charge in [-0.05, 0) is 25.3 Å². The number of carbonyl (C=O) groups excluding carboxylic acids is 1. The van der Waals surface area contributed by atoms with Crippen molar-refractivity contribution in [2.45, 2.75) is 25.3 Å². The summed E-state index contributed by atoms with van der Waals surface area (Å²) in [4.78, 5) is 18.4. The zero-order valence-corrected chi connectivity index (χ0v) is 11.4. The summed E-state index contributed by atoms with van der Waals surface area (Å²) in [5.74, 6) is 5.53. The van der Waals surface area contributed by atoms with Gasteiger partial charge in [0.05, 0.1) is 24.3 Å². The van der Waals surface area contributed by atoms with Gasteiger partial charge in [-0.1, -0.05) is 11.8 Å². The van der Waals surface area contributed by atoms with Crippen LogP contribution in [0.15, 0.2) is 18.5 Å². The summed E-state index contributed by atoms with van der Waals surface area (Å²) >= 11 is 0. The summed E-state index contributed by atoms with van der Waals surface area (Å²) in [6, 6.07) is 1.91. The smallest absolute Gasteiger partial charge is 0.255 e. The molecule has 3 N–H and O–H groups in total. The minimum atomic E-state index is -0.0903. The molecule has 1 saturated carbocycles. The number of nitrogens with zero attached hydrogens (tertiary/aromatic N) is 2. The molecule has 2 rings (SSSR count). The Kier molecular flexibility index (Phi) is 5.10. The van der Waals surface area contributed by atoms with Crippen molar-refractivity contribution in [1.82, 2.24) is 9.88 Å². The van der Waals surface area contributed by atoms with Gasteiger partial charge in [-0.15, -0.1) is 0 Å². The van der Waals surface area contributed by atoms with Gasteiger partial charge in [0.1, 0.15) is 0 Å². The molecule has 5 heteroatoms. The van der Waals surface area contributed by atoms with E-state index in [0.717, 1.165) is 19.3 Å². The van der Waals surface area contributed by atoms with E-state index in [0.29, 0.717) is 17.7 Å². The fraction of sp³-hybridized carbons (Fsp3) is 0.467. The lowest BCUT2D eigenvalue weighted by molar-refractivity contribution is 0.0525. The molecule has 0 unspecified atom stereocenters. The lowest BCUT2D eigenvalue weighted by atomic mass is 9.90. The van der Waals surface area contributed by atoms with Crippen molar-refractivity contribution in [3.8, 4) is 11.8 Å². The molecule has 5 nitrogen and oxygen atoms in total. The molecule has 0 aliphatic heterocycles. The highest BCUT2D eigenvalue weighted by atomic mass is 16.3. The third-order valence-electron chi connectivity index (χ3n) is 3.49. The molecule has 0 saturated heterocycles. The van der Waals surface area contributed by atoms with Crippen LogP contribution in [0.25, 0.3) is 0 Å². The summed E-state index contributed by atoms with van der Waals surface area (Å²) in [6.07, 6.45) is 6.30. The van der Waals surface area contributed by atoms with Crippen LogP contribution in [0.3, 0.4) is 0 Å². The topological polar surface area (TPSA) is 79.5 Å². The number of aliphatic hydroxyl groups is 1. The van der Waals surface area contributed by atoms with Crippen LogP contribution in [0, 0.1) is 11.8 Å². The SMILES string of the molecule is NCC#Cc1cnccc1C(=O)N(CCO)C1CCC1. The van der Waals surface area contributed by atoms with E-state index in [1.807, 2.05) is 0 Å². The standard InChI is InChI=1S/C15H19N3O2/c16-7-2-3-12-11-17-8-6-14(12)15(20)18(9-10-19)13-4-1-5-13/h6,8,11,13,19H,1,4-5,7,9-10,16H2. The molecule has 106 valence electrons. The van der Waals surface area contributed by atoms with Crippen molar-refractivity contribution in [3.63, 3.8) is 0 Å². The molecule has 20 heavy (non-hydrogen) atoms. The van der Waals surface area contributed by atoms with Crippen LogP contribution in [0.1, 0.15) is 35.2 Å². The first-order valence-electron chi connectivity index (χ1n) is 6.82. The molecule has 1 aromatic heterocycles. The van der Waals surface area contributed by atoms with Crippen LogP contribution in [0.4, 0.5) is 0 Å². The minimum absolute atomic E-state index is 0.0306. The maximum Gasteiger partial charge on any atom is 0.255 e. The molecule has 1 aromatic rings. The summed E-state index contributed by atoms with van der Waals surface area (Å²) in [7, 11) is 0. The number of hydrogen-bond acceptors (Lipinski definition) is 4. The zero-order valence-electron chi connectivity index (χ0n) is 11.4. The monoisotopic (exact) mass is 273 g/mol. The van der Waals surface area contributed by atoms with Gasteiger partial charge in [0.2, 0.25) is 0 Å². The fourth-order valence-electron chi connectivity index (χ4n) is 2.24. The van der Waals surface area contributed by atoms with E-state index in [9.17, 15) is 4.79 Å². The lowest BCUT2D eigenvalue weighted by Crippen LogP contribution is -2.45. The predicted molar refractivity (Wildman–Crippen MR) is 75.9 cm³/mol. The first-order chi connectivity index (χ1) is 9.77. The third kappa shape index (κ3) is 3.16. The molecule has 1 fully saturated rings. The lowest BCUT2D eigenvalue weighted by Gasteiger charge is -2.37. The number of carbonyl (C=O) groups is 1. The van der Waals surface area contributed by atoms with Crippen LogP contribution >= 0.6 is 0 Å². The van der Waals surface area contributed by atoms with Crippen LogP contribution in [-0.4, -0.2) is 46.6 Å². The van der Waals surface area contributed by atoms with E-state index in [2.05, 4.69) is 16.8 Å². The molecule has 0 bridgehead atoms. The minimum Gasteiger partial charge on any atom is -0.395 e. The van der Waals surface area contributed by atoms with Gasteiger partial charge in [0.15, 0.2) is 0 Å². The van der Waals surface area contributed by atoms with Crippen molar-refractivity contribution < 1.29 is 9.90 Å². The zero-order chi connectivity index (χ0) is 14.4. The van der Waals surface area contributed by atoms with E-state index in [-0.39, 0.29) is 25.1 Å². The first kappa shape index (κ1) is 14.5. The summed E-state index contributed by atoms with van der Waals surface area (Å²) in [5, 5.41) is 9.16. The number of rotatable bonds is 4. The molecular formula is C15H19N3O2. The molecule has 1 aliphatic rings.